The van der Waals surface area contributed by atoms with Crippen molar-refractivity contribution < 1.29 is 25.8 Å². The first kappa shape index (κ1) is 24.8. The van der Waals surface area contributed by atoms with Crippen LogP contribution in [0.2, 0.25) is 0 Å². The smallest absolute Gasteiger partial charge is 0.339 e. The molecule has 2 aliphatic rings. The largest absolute Gasteiger partial charge is 0.379 e. The Balaban J connectivity index is 1.58. The first-order valence-electron chi connectivity index (χ1n) is 10.3. The van der Waals surface area contributed by atoms with Gasteiger partial charge in [0, 0.05) is 0 Å². The summed E-state index contributed by atoms with van der Waals surface area (Å²) >= 11 is 0.732. The normalized spacial score (nSPS) is 17.5. The Kier molecular flexibility index (Phi) is 6.66. The molecule has 0 aliphatic carbocycles. The zero-order valence-corrected chi connectivity index (χ0v) is 21.0. The average Bonchev–Trinajstić information content (AvgIpc) is 3.22. The van der Waals surface area contributed by atoms with Crippen LogP contribution in [0.1, 0.15) is 19.4 Å². The lowest BCUT2D eigenvalue weighted by Gasteiger charge is -2.24. The van der Waals surface area contributed by atoms with Crippen molar-refractivity contribution in [1.82, 2.24) is 4.90 Å². The lowest BCUT2D eigenvalue weighted by atomic mass is 10.1. The number of hydrogen-bond donors (Lipinski definition) is 1. The molecule has 0 aromatic heterocycles. The Morgan fingerprint density at radius 3 is 2.34 bits per heavy atom. The fourth-order valence-electron chi connectivity index (χ4n) is 3.26. The maximum absolute atomic E-state index is 12.7. The number of amides is 1. The maximum Gasteiger partial charge on any atom is 0.339 e. The van der Waals surface area contributed by atoms with Crippen LogP contribution in [0.5, 0.6) is 5.75 Å². The summed E-state index contributed by atoms with van der Waals surface area (Å²) < 4.78 is 59.3. The summed E-state index contributed by atoms with van der Waals surface area (Å²) in [4.78, 5) is 17.5. The second kappa shape index (κ2) is 9.40. The monoisotopic (exact) mass is 532 g/mol. The van der Waals surface area contributed by atoms with Crippen LogP contribution in [-0.4, -0.2) is 49.6 Å². The van der Waals surface area contributed by atoms with E-state index in [1.165, 1.54) is 42.5 Å². The highest BCUT2D eigenvalue weighted by atomic mass is 32.2. The zero-order valence-electron chi connectivity index (χ0n) is 18.6. The van der Waals surface area contributed by atoms with E-state index in [0.717, 1.165) is 16.8 Å². The third-order valence-electron chi connectivity index (χ3n) is 4.75. The third kappa shape index (κ3) is 5.21. The van der Waals surface area contributed by atoms with Crippen LogP contribution in [0.4, 0.5) is 0 Å². The van der Waals surface area contributed by atoms with E-state index < -0.39 is 25.9 Å². The standard InChI is InChI=1S/C22H20N4O6S3/c1-14(2)13-34(28,29)22-25-33-21-24-20(27)18(19(23)26(21)22)12-15-8-10-16(11-9-15)32-35(30,31)17-6-4-3-5-7-17/h3-12,14,23H,13H2,1-2H3/b18-12-,23-19?. The molecule has 2 aliphatic heterocycles. The van der Waals surface area contributed by atoms with Gasteiger partial charge in [0.2, 0.25) is 20.2 Å². The van der Waals surface area contributed by atoms with Crippen molar-refractivity contribution in [2.45, 2.75) is 18.7 Å². The van der Waals surface area contributed by atoms with E-state index >= 15 is 0 Å². The van der Waals surface area contributed by atoms with Crippen molar-refractivity contribution in [1.29, 1.82) is 5.41 Å². The number of fused-ring (bicyclic) bond motifs is 1. The number of benzene rings is 2. The van der Waals surface area contributed by atoms with Crippen LogP contribution in [-0.2, 0) is 24.7 Å². The number of carbonyl (C=O) groups is 1. The molecule has 4 rings (SSSR count). The summed E-state index contributed by atoms with van der Waals surface area (Å²) in [6.07, 6.45) is 1.37. The molecule has 0 spiro atoms. The van der Waals surface area contributed by atoms with Crippen LogP contribution < -0.4 is 4.18 Å². The average molecular weight is 533 g/mol. The summed E-state index contributed by atoms with van der Waals surface area (Å²) in [5.74, 6) is -1.33. The number of nitrogens with one attached hydrogen (secondary N) is 1. The quantitative estimate of drug-likeness (QED) is 0.339. The van der Waals surface area contributed by atoms with Gasteiger partial charge in [0.25, 0.3) is 5.91 Å². The zero-order chi connectivity index (χ0) is 25.4. The second-order valence-corrected chi connectivity index (χ2v) is 12.2. The van der Waals surface area contributed by atoms with Gasteiger partial charge in [0.1, 0.15) is 16.5 Å². The summed E-state index contributed by atoms with van der Waals surface area (Å²) in [7, 11) is -7.81. The van der Waals surface area contributed by atoms with Crippen LogP contribution in [0, 0.1) is 11.3 Å². The molecule has 0 unspecified atom stereocenters. The van der Waals surface area contributed by atoms with Gasteiger partial charge in [-0.15, -0.1) is 0 Å². The summed E-state index contributed by atoms with van der Waals surface area (Å²) in [5.41, 5.74) is 0.325. The number of hydrogen-bond acceptors (Lipinski definition) is 9. The molecule has 0 saturated heterocycles. The molecule has 2 aromatic rings. The third-order valence-corrected chi connectivity index (χ3v) is 8.77. The Morgan fingerprint density at radius 1 is 1.06 bits per heavy atom. The minimum Gasteiger partial charge on any atom is -0.379 e. The molecule has 35 heavy (non-hydrogen) atoms. The van der Waals surface area contributed by atoms with Gasteiger partial charge >= 0.3 is 10.1 Å². The number of amidine groups is 3. The van der Waals surface area contributed by atoms with E-state index in [0.29, 0.717) is 5.56 Å². The summed E-state index contributed by atoms with van der Waals surface area (Å²) in [6, 6.07) is 13.5. The minimum atomic E-state index is -4.01. The molecule has 0 fully saturated rings. The Morgan fingerprint density at radius 2 is 1.71 bits per heavy atom. The van der Waals surface area contributed by atoms with Gasteiger partial charge in [0.15, 0.2) is 0 Å². The van der Waals surface area contributed by atoms with Crippen LogP contribution in [0.3, 0.4) is 0 Å². The molecule has 2 heterocycles. The molecule has 1 amide bonds. The number of rotatable bonds is 6. The fourth-order valence-corrected chi connectivity index (χ4v) is 6.94. The number of sulfone groups is 1. The van der Waals surface area contributed by atoms with Crippen molar-refractivity contribution in [3.8, 4) is 5.75 Å². The van der Waals surface area contributed by atoms with E-state index in [1.807, 2.05) is 0 Å². The van der Waals surface area contributed by atoms with Crippen LogP contribution in [0.25, 0.3) is 6.08 Å². The molecule has 0 saturated carbocycles. The van der Waals surface area contributed by atoms with E-state index in [9.17, 15) is 21.6 Å². The van der Waals surface area contributed by atoms with Crippen molar-refractivity contribution in [2.24, 2.45) is 15.3 Å². The summed E-state index contributed by atoms with van der Waals surface area (Å²) in [5, 5.41) is 8.18. The fraction of sp³-hybridized carbons (Fsp3) is 0.182. The van der Waals surface area contributed by atoms with Crippen LogP contribution >= 0.6 is 11.9 Å². The lowest BCUT2D eigenvalue weighted by Crippen LogP contribution is -2.46. The minimum absolute atomic E-state index is 0.00866. The molecule has 182 valence electrons. The van der Waals surface area contributed by atoms with Gasteiger partial charge in [-0.05, 0) is 41.8 Å². The van der Waals surface area contributed by atoms with E-state index in [4.69, 9.17) is 9.59 Å². The maximum atomic E-state index is 12.7. The van der Waals surface area contributed by atoms with Gasteiger partial charge in [-0.2, -0.15) is 17.8 Å². The van der Waals surface area contributed by atoms with E-state index in [2.05, 4.69) is 9.39 Å². The molecule has 2 aromatic carbocycles. The van der Waals surface area contributed by atoms with Crippen molar-refractivity contribution in [2.75, 3.05) is 5.75 Å². The predicted molar refractivity (Wildman–Crippen MR) is 134 cm³/mol. The molecule has 0 radical (unpaired) electrons. The highest BCUT2D eigenvalue weighted by molar-refractivity contribution is 8.16. The topological polar surface area (TPSA) is 146 Å². The Hall–Kier alpha value is -3.29. The van der Waals surface area contributed by atoms with Gasteiger partial charge in [0.05, 0.1) is 23.3 Å². The molecule has 1 N–H and O–H groups in total. The van der Waals surface area contributed by atoms with Gasteiger partial charge in [-0.25, -0.2) is 13.3 Å². The first-order valence-corrected chi connectivity index (χ1v) is 14.1. The number of carbonyl (C=O) groups excluding carboxylic acids is 1. The Labute approximate surface area is 207 Å². The lowest BCUT2D eigenvalue weighted by molar-refractivity contribution is -0.114. The van der Waals surface area contributed by atoms with Crippen molar-refractivity contribution >= 4 is 60.1 Å². The first-order chi connectivity index (χ1) is 16.5. The van der Waals surface area contributed by atoms with Crippen molar-refractivity contribution in [3.63, 3.8) is 0 Å². The molecule has 10 nitrogen and oxygen atoms in total. The number of aliphatic imine (C=N–C) groups is 1. The molecule has 13 heteroatoms. The van der Waals surface area contributed by atoms with E-state index in [1.54, 1.807) is 32.0 Å². The molecule has 0 bridgehead atoms. The predicted octanol–water partition coefficient (Wildman–Crippen LogP) is 3.10. The van der Waals surface area contributed by atoms with Gasteiger partial charge in [-0.3, -0.25) is 10.2 Å². The van der Waals surface area contributed by atoms with Gasteiger partial charge < -0.3 is 4.18 Å². The number of nitrogens with zero attached hydrogens (tertiary/aromatic N) is 3. The SMILES string of the molecule is CC(C)CS(=O)(=O)C1=NSC2=NC(=O)/C(=C\c3ccc(OS(=O)(=O)c4ccccc4)cc3)C(=N)N21. The Bertz CT molecular complexity index is 1490. The molecular weight excluding hydrogens is 512 g/mol. The molecular formula is C22H20N4O6S3. The van der Waals surface area contributed by atoms with Gasteiger partial charge in [-0.1, -0.05) is 44.2 Å². The summed E-state index contributed by atoms with van der Waals surface area (Å²) in [6.45, 7) is 3.51. The highest BCUT2D eigenvalue weighted by Crippen LogP contribution is 2.31. The molecule has 0 atom stereocenters. The van der Waals surface area contributed by atoms with E-state index in [-0.39, 0.29) is 44.1 Å². The van der Waals surface area contributed by atoms with Crippen molar-refractivity contribution in [3.05, 3.63) is 65.7 Å². The second-order valence-electron chi connectivity index (χ2n) is 8.00. The highest BCUT2D eigenvalue weighted by Gasteiger charge is 2.42. The van der Waals surface area contributed by atoms with Crippen LogP contribution in [0.15, 0.2) is 74.5 Å².